The van der Waals surface area contributed by atoms with Crippen molar-refractivity contribution in [1.29, 1.82) is 0 Å². The van der Waals surface area contributed by atoms with Crippen molar-refractivity contribution in [3.8, 4) is 0 Å². The zero-order chi connectivity index (χ0) is 21.8. The van der Waals surface area contributed by atoms with Gasteiger partial charge in [-0.15, -0.1) is 0 Å². The minimum Gasteiger partial charge on any atom is -0.465 e. The Labute approximate surface area is 182 Å². The molecule has 162 valence electrons. The second-order valence-corrected chi connectivity index (χ2v) is 8.42. The van der Waals surface area contributed by atoms with E-state index in [9.17, 15) is 14.4 Å². The molecule has 1 aliphatic heterocycles. The fourth-order valence-corrected chi connectivity index (χ4v) is 3.92. The fourth-order valence-electron chi connectivity index (χ4n) is 3.92. The molecule has 0 unspecified atom stereocenters. The zero-order valence-electron chi connectivity index (χ0n) is 17.9. The Balaban J connectivity index is 1.51. The summed E-state index contributed by atoms with van der Waals surface area (Å²) in [6.07, 6.45) is 4.50. The highest BCUT2D eigenvalue weighted by molar-refractivity contribution is 5.94. The second kappa shape index (κ2) is 9.33. The molecule has 1 aliphatic carbocycles. The van der Waals surface area contributed by atoms with Crippen LogP contribution in [0.25, 0.3) is 0 Å². The summed E-state index contributed by atoms with van der Waals surface area (Å²) in [4.78, 5) is 38.3. The molecule has 1 heterocycles. The lowest BCUT2D eigenvalue weighted by Gasteiger charge is -2.19. The Morgan fingerprint density at radius 1 is 1.06 bits per heavy atom. The van der Waals surface area contributed by atoms with E-state index < -0.39 is 0 Å². The van der Waals surface area contributed by atoms with E-state index in [0.29, 0.717) is 36.4 Å². The standard InChI is InChI=1S/C25H28N2O4/c1-31-25(30)20-10-11-21(16-27-12-2-3-23(27)28)22(14-20)13-17-6-8-19(9-7-17)24(29)26-15-18-4-5-18/h6-11,14,18H,2-5,12-13,15-16H2,1H3,(H,26,29). The lowest BCUT2D eigenvalue weighted by atomic mass is 9.96. The molecule has 2 aromatic carbocycles. The third kappa shape index (κ3) is 5.32. The molecule has 2 amide bonds. The summed E-state index contributed by atoms with van der Waals surface area (Å²) in [7, 11) is 1.37. The average molecular weight is 421 g/mol. The highest BCUT2D eigenvalue weighted by atomic mass is 16.5. The number of carbonyl (C=O) groups is 3. The van der Waals surface area contributed by atoms with Gasteiger partial charge in [0, 0.05) is 31.6 Å². The average Bonchev–Trinajstić information content (AvgIpc) is 3.54. The molecular weight excluding hydrogens is 392 g/mol. The van der Waals surface area contributed by atoms with Crippen molar-refractivity contribution in [1.82, 2.24) is 10.2 Å². The number of amides is 2. The molecule has 2 aromatic rings. The first-order valence-corrected chi connectivity index (χ1v) is 10.9. The van der Waals surface area contributed by atoms with Gasteiger partial charge in [-0.05, 0) is 72.6 Å². The third-order valence-electron chi connectivity index (χ3n) is 6.02. The Kier molecular flexibility index (Phi) is 6.35. The number of esters is 1. The van der Waals surface area contributed by atoms with Crippen LogP contribution in [0, 0.1) is 5.92 Å². The molecule has 6 heteroatoms. The molecule has 0 spiro atoms. The lowest BCUT2D eigenvalue weighted by molar-refractivity contribution is -0.128. The Bertz CT molecular complexity index is 980. The number of rotatable bonds is 8. The van der Waals surface area contributed by atoms with Gasteiger partial charge in [0.05, 0.1) is 12.7 Å². The van der Waals surface area contributed by atoms with Crippen molar-refractivity contribution in [2.75, 3.05) is 20.2 Å². The molecule has 31 heavy (non-hydrogen) atoms. The molecule has 4 rings (SSSR count). The molecule has 1 N–H and O–H groups in total. The van der Waals surface area contributed by atoms with Gasteiger partial charge in [-0.1, -0.05) is 18.2 Å². The summed E-state index contributed by atoms with van der Waals surface area (Å²) in [6.45, 7) is 2.05. The van der Waals surface area contributed by atoms with Gasteiger partial charge < -0.3 is 15.0 Å². The molecule has 0 radical (unpaired) electrons. The van der Waals surface area contributed by atoms with E-state index in [1.54, 1.807) is 6.07 Å². The van der Waals surface area contributed by atoms with Crippen molar-refractivity contribution in [3.63, 3.8) is 0 Å². The zero-order valence-corrected chi connectivity index (χ0v) is 17.9. The number of carbonyl (C=O) groups excluding carboxylic acids is 3. The van der Waals surface area contributed by atoms with Gasteiger partial charge in [-0.25, -0.2) is 4.79 Å². The molecule has 1 saturated heterocycles. The van der Waals surface area contributed by atoms with E-state index in [-0.39, 0.29) is 17.8 Å². The van der Waals surface area contributed by atoms with E-state index in [4.69, 9.17) is 4.74 Å². The normalized spacial score (nSPS) is 15.8. The minimum absolute atomic E-state index is 0.0422. The quantitative estimate of drug-likeness (QED) is 0.665. The van der Waals surface area contributed by atoms with E-state index in [0.717, 1.165) is 36.2 Å². The summed E-state index contributed by atoms with van der Waals surface area (Å²) in [5.74, 6) is 0.392. The van der Waals surface area contributed by atoms with Gasteiger partial charge in [-0.2, -0.15) is 0 Å². The van der Waals surface area contributed by atoms with Crippen molar-refractivity contribution in [2.24, 2.45) is 5.92 Å². The highest BCUT2D eigenvalue weighted by Crippen LogP contribution is 2.27. The molecule has 0 atom stereocenters. The van der Waals surface area contributed by atoms with Crippen LogP contribution in [0.3, 0.4) is 0 Å². The van der Waals surface area contributed by atoms with Crippen LogP contribution in [0.1, 0.15) is 63.1 Å². The Morgan fingerprint density at radius 3 is 2.45 bits per heavy atom. The number of ether oxygens (including phenoxy) is 1. The molecule has 0 aromatic heterocycles. The minimum atomic E-state index is -0.382. The smallest absolute Gasteiger partial charge is 0.337 e. The maximum absolute atomic E-state index is 12.3. The van der Waals surface area contributed by atoms with Crippen LogP contribution in [0.5, 0.6) is 0 Å². The first kappa shape index (κ1) is 21.1. The van der Waals surface area contributed by atoms with E-state index in [2.05, 4.69) is 5.32 Å². The Morgan fingerprint density at radius 2 is 1.81 bits per heavy atom. The summed E-state index contributed by atoms with van der Waals surface area (Å²) in [6, 6.07) is 13.1. The summed E-state index contributed by atoms with van der Waals surface area (Å²) in [5, 5.41) is 2.98. The topological polar surface area (TPSA) is 75.7 Å². The van der Waals surface area contributed by atoms with E-state index >= 15 is 0 Å². The molecular formula is C25H28N2O4. The van der Waals surface area contributed by atoms with Crippen LogP contribution >= 0.6 is 0 Å². The fraction of sp³-hybridized carbons (Fsp3) is 0.400. The van der Waals surface area contributed by atoms with Crippen LogP contribution in [0.4, 0.5) is 0 Å². The third-order valence-corrected chi connectivity index (χ3v) is 6.02. The number of likely N-dealkylation sites (tertiary alicyclic amines) is 1. The first-order chi connectivity index (χ1) is 15.0. The molecule has 1 saturated carbocycles. The summed E-state index contributed by atoms with van der Waals surface area (Å²) >= 11 is 0. The number of methoxy groups -OCH3 is 1. The van der Waals surface area contributed by atoms with Crippen molar-refractivity contribution >= 4 is 17.8 Å². The van der Waals surface area contributed by atoms with Crippen LogP contribution in [-0.4, -0.2) is 42.9 Å². The number of hydrogen-bond donors (Lipinski definition) is 1. The van der Waals surface area contributed by atoms with E-state index in [1.165, 1.54) is 20.0 Å². The first-order valence-electron chi connectivity index (χ1n) is 10.9. The van der Waals surface area contributed by atoms with Gasteiger partial charge >= 0.3 is 5.97 Å². The maximum atomic E-state index is 12.3. The van der Waals surface area contributed by atoms with Crippen molar-refractivity contribution < 1.29 is 19.1 Å². The van der Waals surface area contributed by atoms with Gasteiger partial charge in [0.2, 0.25) is 5.91 Å². The number of nitrogens with zero attached hydrogens (tertiary/aromatic N) is 1. The van der Waals surface area contributed by atoms with Crippen LogP contribution in [0.2, 0.25) is 0 Å². The molecule has 0 bridgehead atoms. The van der Waals surface area contributed by atoms with Crippen LogP contribution in [-0.2, 0) is 22.5 Å². The van der Waals surface area contributed by atoms with E-state index in [1.807, 2.05) is 41.3 Å². The van der Waals surface area contributed by atoms with Gasteiger partial charge in [-0.3, -0.25) is 9.59 Å². The van der Waals surface area contributed by atoms with Crippen LogP contribution < -0.4 is 5.32 Å². The Hall–Kier alpha value is -3.15. The number of hydrogen-bond acceptors (Lipinski definition) is 4. The molecule has 6 nitrogen and oxygen atoms in total. The monoisotopic (exact) mass is 420 g/mol. The SMILES string of the molecule is COC(=O)c1ccc(CN2CCCC2=O)c(Cc2ccc(C(=O)NCC3CC3)cc2)c1. The van der Waals surface area contributed by atoms with Crippen molar-refractivity contribution in [3.05, 3.63) is 70.3 Å². The lowest BCUT2D eigenvalue weighted by Crippen LogP contribution is -2.25. The second-order valence-electron chi connectivity index (χ2n) is 8.42. The van der Waals surface area contributed by atoms with Gasteiger partial charge in [0.25, 0.3) is 5.91 Å². The number of benzene rings is 2. The summed E-state index contributed by atoms with van der Waals surface area (Å²) in [5.41, 5.74) is 4.18. The predicted molar refractivity (Wildman–Crippen MR) is 117 cm³/mol. The predicted octanol–water partition coefficient (Wildman–Crippen LogP) is 3.33. The summed E-state index contributed by atoms with van der Waals surface area (Å²) < 4.78 is 4.87. The van der Waals surface area contributed by atoms with Crippen LogP contribution in [0.15, 0.2) is 42.5 Å². The maximum Gasteiger partial charge on any atom is 0.337 e. The van der Waals surface area contributed by atoms with Gasteiger partial charge in [0.1, 0.15) is 0 Å². The number of nitrogens with one attached hydrogen (secondary N) is 1. The molecule has 2 aliphatic rings. The largest absolute Gasteiger partial charge is 0.465 e. The highest BCUT2D eigenvalue weighted by Gasteiger charge is 2.23. The van der Waals surface area contributed by atoms with Gasteiger partial charge in [0.15, 0.2) is 0 Å². The van der Waals surface area contributed by atoms with Crippen molar-refractivity contribution in [2.45, 2.75) is 38.6 Å². The molecule has 2 fully saturated rings.